The molecule has 0 N–H and O–H groups in total. The molecular weight excluding hydrogens is 727 g/mol. The second kappa shape index (κ2) is 15.7. The van der Waals surface area contributed by atoms with Crippen LogP contribution in [0.5, 0.6) is 0 Å². The first-order valence-corrected chi connectivity index (χ1v) is 24.3. The molecule has 0 spiro atoms. The highest BCUT2D eigenvalue weighted by Gasteiger charge is 2.41. The monoisotopic (exact) mass is 789 g/mol. The summed E-state index contributed by atoms with van der Waals surface area (Å²) < 4.78 is 6.76. The molecule has 0 radical (unpaired) electrons. The Morgan fingerprint density at radius 2 is 1.60 bits per heavy atom. The standard InChI is InChI=1S/C58H63NO/c1-2-11-40(12-3-1)53-20-10-21-54-55-37-43(28-34-57(55)60-58(53)54)42-27-32-50-44(35-42)23-24-45-36-47(31-33-51(45)50)59(56-22-9-16-39-14-5-7-18-52(39)56)46-29-25-41(26-30-46)49-19-8-15-38-13-4-6-17-48(38)49/h1-3,5,8,11,14-16,20,25,28-29,31-32,34-37,40-42,46,49,51,55,57H,4,6-7,9-10,12-13,17-19,21-24,26-27,30,33H2/t40?,41-,42?,46?,49?,51+,55?,57?/m0/s1. The van der Waals surface area contributed by atoms with Gasteiger partial charge in [0.25, 0.3) is 0 Å². The van der Waals surface area contributed by atoms with Crippen molar-refractivity contribution in [1.29, 1.82) is 0 Å². The van der Waals surface area contributed by atoms with Gasteiger partial charge in [0.05, 0.1) is 6.04 Å². The minimum absolute atomic E-state index is 0.153. The summed E-state index contributed by atoms with van der Waals surface area (Å²) in [7, 11) is 0. The Morgan fingerprint density at radius 1 is 0.633 bits per heavy atom. The van der Waals surface area contributed by atoms with Gasteiger partial charge < -0.3 is 9.64 Å². The maximum Gasteiger partial charge on any atom is 0.127 e. The molecule has 2 nitrogen and oxygen atoms in total. The molecule has 12 rings (SSSR count). The van der Waals surface area contributed by atoms with Gasteiger partial charge >= 0.3 is 0 Å². The molecule has 0 aromatic carbocycles. The molecule has 0 aromatic heterocycles. The normalized spacial score (nSPS) is 35.0. The van der Waals surface area contributed by atoms with Gasteiger partial charge in [-0.15, -0.1) is 0 Å². The largest absolute Gasteiger partial charge is 0.485 e. The Morgan fingerprint density at radius 3 is 2.53 bits per heavy atom. The van der Waals surface area contributed by atoms with Crippen LogP contribution in [0.1, 0.15) is 116 Å². The van der Waals surface area contributed by atoms with Crippen LogP contribution in [0.15, 0.2) is 188 Å². The van der Waals surface area contributed by atoms with Crippen molar-refractivity contribution in [1.82, 2.24) is 4.90 Å². The fourth-order valence-electron chi connectivity index (χ4n) is 13.6. The molecule has 306 valence electrons. The third kappa shape index (κ3) is 6.58. The molecule has 1 heterocycles. The van der Waals surface area contributed by atoms with E-state index in [1.165, 1.54) is 98.8 Å². The van der Waals surface area contributed by atoms with Gasteiger partial charge in [0.15, 0.2) is 0 Å². The number of ether oxygens (including phenoxy) is 1. The maximum absolute atomic E-state index is 6.76. The highest BCUT2D eigenvalue weighted by Crippen LogP contribution is 2.51. The van der Waals surface area contributed by atoms with Gasteiger partial charge in [-0.25, -0.2) is 0 Å². The molecule has 1 aliphatic heterocycles. The first kappa shape index (κ1) is 37.2. The Balaban J connectivity index is 0.787. The Hall–Kier alpha value is -4.56. The molecule has 0 amide bonds. The lowest BCUT2D eigenvalue weighted by Crippen LogP contribution is -2.37. The summed E-state index contributed by atoms with van der Waals surface area (Å²) in [5, 5.41) is 0. The quantitative estimate of drug-likeness (QED) is 0.249. The number of nitrogens with zero attached hydrogens (tertiary/aromatic N) is 1. The lowest BCUT2D eigenvalue weighted by atomic mass is 9.69. The van der Waals surface area contributed by atoms with Crippen molar-refractivity contribution >= 4 is 0 Å². The predicted octanol–water partition coefficient (Wildman–Crippen LogP) is 14.5. The molecule has 1 fully saturated rings. The Kier molecular flexibility index (Phi) is 9.75. The van der Waals surface area contributed by atoms with Crippen LogP contribution in [0.4, 0.5) is 0 Å². The average Bonchev–Trinajstić information content (AvgIpc) is 3.70. The van der Waals surface area contributed by atoms with E-state index >= 15 is 0 Å². The fourth-order valence-corrected chi connectivity index (χ4v) is 13.6. The van der Waals surface area contributed by atoms with Crippen LogP contribution in [-0.2, 0) is 4.74 Å². The molecule has 12 aliphatic rings. The second-order valence-electron chi connectivity index (χ2n) is 19.8. The highest BCUT2D eigenvalue weighted by atomic mass is 16.5. The van der Waals surface area contributed by atoms with Crippen LogP contribution < -0.4 is 0 Å². The zero-order chi connectivity index (χ0) is 39.6. The van der Waals surface area contributed by atoms with Crippen molar-refractivity contribution in [2.75, 3.05) is 0 Å². The van der Waals surface area contributed by atoms with Gasteiger partial charge in [0.1, 0.15) is 11.9 Å². The van der Waals surface area contributed by atoms with Gasteiger partial charge in [-0.2, -0.15) is 0 Å². The van der Waals surface area contributed by atoms with E-state index < -0.39 is 0 Å². The Labute approximate surface area is 359 Å². The lowest BCUT2D eigenvalue weighted by molar-refractivity contribution is 0.167. The van der Waals surface area contributed by atoms with Crippen molar-refractivity contribution in [2.45, 2.75) is 128 Å². The SMILES string of the molecule is C1=CCC(C2=CCCC3=C2OC2C=CC(C4C=C5CCC6=CC(N(C7=C8CCC=CC8=CCC7)C7C=C[C@H](C8CC=CC9=C8CCCC9)CC7)=CC[C@H]6C5=CC4)=CC32)C=C1. The molecule has 2 heteroatoms. The predicted molar refractivity (Wildman–Crippen MR) is 247 cm³/mol. The van der Waals surface area contributed by atoms with Crippen LogP contribution >= 0.6 is 0 Å². The van der Waals surface area contributed by atoms with Crippen LogP contribution in [0.2, 0.25) is 0 Å². The summed E-state index contributed by atoms with van der Waals surface area (Å²) in [4.78, 5) is 2.87. The van der Waals surface area contributed by atoms with E-state index in [0.29, 0.717) is 35.6 Å². The van der Waals surface area contributed by atoms with Crippen LogP contribution in [0, 0.1) is 35.5 Å². The van der Waals surface area contributed by atoms with Crippen molar-refractivity contribution in [3.8, 4) is 0 Å². The van der Waals surface area contributed by atoms with E-state index in [1.807, 2.05) is 5.57 Å². The highest BCUT2D eigenvalue weighted by molar-refractivity contribution is 5.54. The first-order valence-electron chi connectivity index (χ1n) is 24.3. The molecule has 0 saturated heterocycles. The van der Waals surface area contributed by atoms with E-state index in [0.717, 1.165) is 50.9 Å². The third-order valence-electron chi connectivity index (χ3n) is 16.6. The summed E-state index contributed by atoms with van der Waals surface area (Å²) >= 11 is 0. The summed E-state index contributed by atoms with van der Waals surface area (Å²) in [5.74, 6) is 4.45. The van der Waals surface area contributed by atoms with Gasteiger partial charge in [-0.3, -0.25) is 0 Å². The molecule has 0 bridgehead atoms. The summed E-state index contributed by atoms with van der Waals surface area (Å²) in [6.07, 6.45) is 69.2. The van der Waals surface area contributed by atoms with E-state index in [4.69, 9.17) is 4.74 Å². The van der Waals surface area contributed by atoms with E-state index in [2.05, 4.69) is 120 Å². The van der Waals surface area contributed by atoms with Gasteiger partial charge in [0, 0.05) is 35.1 Å². The summed E-state index contributed by atoms with van der Waals surface area (Å²) in [6.45, 7) is 0. The Bertz CT molecular complexity index is 2360. The van der Waals surface area contributed by atoms with Crippen molar-refractivity contribution in [2.24, 2.45) is 35.5 Å². The van der Waals surface area contributed by atoms with Gasteiger partial charge in [0.2, 0.25) is 0 Å². The van der Waals surface area contributed by atoms with E-state index in [1.54, 1.807) is 39.1 Å². The minimum atomic E-state index is 0.153. The number of hydrogen-bond donors (Lipinski definition) is 0. The van der Waals surface area contributed by atoms with Crippen molar-refractivity contribution in [3.63, 3.8) is 0 Å². The average molecular weight is 790 g/mol. The molecule has 60 heavy (non-hydrogen) atoms. The molecule has 8 atom stereocenters. The fraction of sp³-hybridized carbons (Fsp3) is 0.448. The molecule has 0 aromatic rings. The number of fused-ring (bicyclic) bond motifs is 6. The first-order chi connectivity index (χ1) is 29.7. The van der Waals surface area contributed by atoms with Gasteiger partial charge in [-0.05, 0) is 184 Å². The van der Waals surface area contributed by atoms with Gasteiger partial charge in [-0.1, -0.05) is 114 Å². The number of allylic oxidation sites excluding steroid dienone is 26. The van der Waals surface area contributed by atoms with Crippen molar-refractivity contribution < 1.29 is 4.74 Å². The number of rotatable bonds is 6. The van der Waals surface area contributed by atoms with Crippen LogP contribution in [0.3, 0.4) is 0 Å². The minimum Gasteiger partial charge on any atom is -0.485 e. The molecule has 11 aliphatic carbocycles. The zero-order valence-electron chi connectivity index (χ0n) is 35.7. The topological polar surface area (TPSA) is 12.5 Å². The molecule has 1 saturated carbocycles. The third-order valence-corrected chi connectivity index (χ3v) is 16.6. The maximum atomic E-state index is 6.76. The lowest BCUT2D eigenvalue weighted by Gasteiger charge is -2.44. The number of hydrogen-bond acceptors (Lipinski definition) is 2. The van der Waals surface area contributed by atoms with Crippen LogP contribution in [-0.4, -0.2) is 17.0 Å². The summed E-state index contributed by atoms with van der Waals surface area (Å²) in [5.41, 5.74) is 19.1. The smallest absolute Gasteiger partial charge is 0.127 e. The van der Waals surface area contributed by atoms with Crippen LogP contribution in [0.25, 0.3) is 0 Å². The van der Waals surface area contributed by atoms with Crippen molar-refractivity contribution in [3.05, 3.63) is 188 Å². The van der Waals surface area contributed by atoms with E-state index in [9.17, 15) is 0 Å². The molecular formula is C58H63NO. The van der Waals surface area contributed by atoms with E-state index in [-0.39, 0.29) is 6.10 Å². The summed E-state index contributed by atoms with van der Waals surface area (Å²) in [6, 6.07) is 0.437. The molecule has 6 unspecified atom stereocenters. The second-order valence-corrected chi connectivity index (χ2v) is 19.8. The zero-order valence-corrected chi connectivity index (χ0v) is 35.7.